The second-order valence-electron chi connectivity index (χ2n) is 26.4. The van der Waals surface area contributed by atoms with E-state index in [2.05, 4.69) is 49.6 Å². The summed E-state index contributed by atoms with van der Waals surface area (Å²) in [7, 11) is 1.58. The molecule has 1 unspecified atom stereocenters. The summed E-state index contributed by atoms with van der Waals surface area (Å²) in [6.07, 6.45) is 4.27. The van der Waals surface area contributed by atoms with Gasteiger partial charge >= 0.3 is 6.09 Å². The SMILES string of the molecule is CCOc1cc(OC)ccc1CN(CC(=O)N1CCCC(c2cccc(C(=O)NC3(C(=O)N4CCN(CC5CCN(CC(=O)N6CCN(C(=O)c7cc(Cc8n[nH]c(=O)c9ccccc89)ccc7F)CC6)CC5)CC4)CC3)c2)C1)C(=O)OCC1c2ccccc2-c2ccccc21. The minimum atomic E-state index is -0.942. The van der Waals surface area contributed by atoms with Crippen molar-refractivity contribution in [2.45, 2.75) is 75.8 Å². The fourth-order valence-electron chi connectivity index (χ4n) is 14.7. The maximum Gasteiger partial charge on any atom is 0.410 e. The van der Waals surface area contributed by atoms with Crippen molar-refractivity contribution in [3.05, 3.63) is 194 Å². The number of carbonyl (C=O) groups is 6. The van der Waals surface area contributed by atoms with E-state index in [0.29, 0.717) is 135 Å². The first-order valence-electron chi connectivity index (χ1n) is 33.9. The molecule has 5 fully saturated rings. The van der Waals surface area contributed by atoms with E-state index < -0.39 is 23.4 Å². The smallest absolute Gasteiger partial charge is 0.410 e. The summed E-state index contributed by atoms with van der Waals surface area (Å²) in [5.41, 5.74) is 6.53. The monoisotopic (exact) mass is 1300 g/mol. The van der Waals surface area contributed by atoms with Crippen LogP contribution in [0.2, 0.25) is 0 Å². The molecule has 6 aromatic carbocycles. The van der Waals surface area contributed by atoms with E-state index in [9.17, 15) is 33.6 Å². The van der Waals surface area contributed by atoms with Gasteiger partial charge in [0.15, 0.2) is 0 Å². The number of fused-ring (bicyclic) bond motifs is 4. The van der Waals surface area contributed by atoms with Crippen molar-refractivity contribution in [1.29, 1.82) is 0 Å². The fourth-order valence-corrected chi connectivity index (χ4v) is 14.7. The summed E-state index contributed by atoms with van der Waals surface area (Å²) >= 11 is 0. The lowest BCUT2D eigenvalue weighted by atomic mass is 9.89. The minimum absolute atomic E-state index is 0.0187. The molecule has 2 N–H and O–H groups in total. The molecule has 20 nitrogen and oxygen atoms in total. The molecule has 96 heavy (non-hydrogen) atoms. The molecule has 4 aliphatic heterocycles. The van der Waals surface area contributed by atoms with Crippen LogP contribution in [0.1, 0.15) is 112 Å². The Morgan fingerprint density at radius 1 is 0.698 bits per heavy atom. The number of likely N-dealkylation sites (tertiary alicyclic amines) is 2. The lowest BCUT2D eigenvalue weighted by Crippen LogP contribution is -2.57. The standard InChI is InChI=1S/C75H83FN10O10/c1-3-95-67-43-56(94-2)23-22-55(67)46-86(74(93)96-49-64-59-17-6-4-15-57(59)58-16-5-7-18-60(58)64)48-69(88)85-29-11-14-54(45-85)52-12-10-13-53(42-52)70(89)77-75(27-28-75)73(92)84-34-32-81(33-35-84)44-50-25-30-80(31-26-50)47-68(87)82-36-38-83(39-37-82)72(91)63-40-51(21-24-65(63)76)41-66-61-19-8-9-20-62(61)71(90)79-78-66/h4-10,12-13,15-24,40,42-43,50,54,64H,3,11,14,25-39,41,44-49H2,1-2H3,(H,77,89)(H,79,90). The summed E-state index contributed by atoms with van der Waals surface area (Å²) in [4.78, 5) is 110. The van der Waals surface area contributed by atoms with Crippen LogP contribution < -0.4 is 20.3 Å². The van der Waals surface area contributed by atoms with Gasteiger partial charge in [0.05, 0.1) is 43.4 Å². The van der Waals surface area contributed by atoms with Gasteiger partial charge in [0, 0.05) is 113 Å². The van der Waals surface area contributed by atoms with Gasteiger partial charge in [-0.2, -0.15) is 5.10 Å². The zero-order valence-electron chi connectivity index (χ0n) is 54.6. The van der Waals surface area contributed by atoms with Gasteiger partial charge in [0.1, 0.15) is 36.0 Å². The highest BCUT2D eigenvalue weighted by molar-refractivity contribution is 6.01. The average Bonchev–Trinajstić information content (AvgIpc) is 1.66. The van der Waals surface area contributed by atoms with Crippen LogP contribution in [0.25, 0.3) is 21.9 Å². The lowest BCUT2D eigenvalue weighted by Gasteiger charge is -2.40. The summed E-state index contributed by atoms with van der Waals surface area (Å²) in [6, 6.07) is 40.9. The van der Waals surface area contributed by atoms with Gasteiger partial charge in [-0.25, -0.2) is 14.3 Å². The van der Waals surface area contributed by atoms with E-state index >= 15 is 4.39 Å². The Morgan fingerprint density at radius 2 is 1.40 bits per heavy atom. The Kier molecular flexibility index (Phi) is 19.6. The maximum absolute atomic E-state index is 15.2. The lowest BCUT2D eigenvalue weighted by molar-refractivity contribution is -0.136. The van der Waals surface area contributed by atoms with Gasteiger partial charge in [-0.3, -0.25) is 43.5 Å². The van der Waals surface area contributed by atoms with Crippen molar-refractivity contribution in [1.82, 2.24) is 49.8 Å². The second-order valence-corrected chi connectivity index (χ2v) is 26.4. The molecular weight excluding hydrogens is 1220 g/mol. The molecule has 4 saturated heterocycles. The number of aromatic amines is 1. The van der Waals surface area contributed by atoms with Crippen LogP contribution in [0.15, 0.2) is 138 Å². The van der Waals surface area contributed by atoms with Gasteiger partial charge in [-0.15, -0.1) is 0 Å². The van der Waals surface area contributed by atoms with Crippen LogP contribution in [0.3, 0.4) is 0 Å². The van der Waals surface area contributed by atoms with E-state index in [1.54, 1.807) is 58.2 Å². The Morgan fingerprint density at radius 3 is 2.11 bits per heavy atom. The number of hydrogen-bond donors (Lipinski definition) is 2. The first-order chi connectivity index (χ1) is 46.7. The molecule has 1 aromatic heterocycles. The number of methoxy groups -OCH3 is 1. The van der Waals surface area contributed by atoms with Crippen molar-refractivity contribution in [2.24, 2.45) is 5.92 Å². The van der Waals surface area contributed by atoms with Crippen molar-refractivity contribution in [3.63, 3.8) is 0 Å². The van der Waals surface area contributed by atoms with Crippen LogP contribution >= 0.6 is 0 Å². The van der Waals surface area contributed by atoms with Crippen molar-refractivity contribution in [3.8, 4) is 22.6 Å². The highest BCUT2D eigenvalue weighted by Crippen LogP contribution is 2.45. The number of amides is 6. The number of ether oxygens (including phenoxy) is 3. The number of rotatable bonds is 20. The molecule has 13 rings (SSSR count). The Labute approximate surface area is 558 Å². The molecule has 5 heterocycles. The zero-order chi connectivity index (χ0) is 66.5. The summed E-state index contributed by atoms with van der Waals surface area (Å²) in [6.45, 7) is 9.88. The van der Waals surface area contributed by atoms with Crippen LogP contribution in [0.4, 0.5) is 9.18 Å². The molecule has 1 saturated carbocycles. The number of nitrogens with zero attached hydrogens (tertiary/aromatic N) is 8. The quantitative estimate of drug-likeness (QED) is 0.0736. The third-order valence-electron chi connectivity index (χ3n) is 20.3. The van der Waals surface area contributed by atoms with Gasteiger partial charge < -0.3 is 39.1 Å². The minimum Gasteiger partial charge on any atom is -0.497 e. The zero-order valence-corrected chi connectivity index (χ0v) is 54.6. The van der Waals surface area contributed by atoms with Crippen LogP contribution in [0, 0.1) is 11.7 Å². The van der Waals surface area contributed by atoms with Crippen LogP contribution in [-0.2, 0) is 32.1 Å². The third-order valence-corrected chi connectivity index (χ3v) is 20.3. The van der Waals surface area contributed by atoms with Crippen molar-refractivity contribution < 1.29 is 47.4 Å². The molecule has 6 amide bonds. The predicted octanol–water partition coefficient (Wildman–Crippen LogP) is 8.32. The van der Waals surface area contributed by atoms with Gasteiger partial charge in [-0.05, 0) is 140 Å². The first-order valence-corrected chi connectivity index (χ1v) is 33.9. The molecular formula is C75H83FN10O10. The van der Waals surface area contributed by atoms with E-state index in [4.69, 9.17) is 14.2 Å². The van der Waals surface area contributed by atoms with Crippen molar-refractivity contribution in [2.75, 3.05) is 118 Å². The topological polar surface area (TPSA) is 211 Å². The number of nitrogens with one attached hydrogen (secondary N) is 2. The molecule has 500 valence electrons. The normalized spacial score (nSPS) is 18.1. The number of carbonyl (C=O) groups excluding carboxylic acids is 6. The largest absolute Gasteiger partial charge is 0.497 e. The fraction of sp³-hybridized carbons (Fsp3) is 0.413. The molecule has 0 radical (unpaired) electrons. The average molecular weight is 1300 g/mol. The molecule has 1 atom stereocenters. The van der Waals surface area contributed by atoms with E-state index in [0.717, 1.165) is 86.2 Å². The number of hydrogen-bond acceptors (Lipinski definition) is 13. The predicted molar refractivity (Wildman–Crippen MR) is 360 cm³/mol. The van der Waals surface area contributed by atoms with E-state index in [1.165, 1.54) is 11.0 Å². The highest BCUT2D eigenvalue weighted by Gasteiger charge is 2.53. The Balaban J connectivity index is 0.551. The maximum atomic E-state index is 15.2. The molecule has 2 aliphatic carbocycles. The Hall–Kier alpha value is -9.47. The van der Waals surface area contributed by atoms with Gasteiger partial charge in [0.2, 0.25) is 17.7 Å². The number of piperazine rings is 2. The Bertz CT molecular complexity index is 4070. The molecule has 21 heteroatoms. The summed E-state index contributed by atoms with van der Waals surface area (Å²) in [5, 5.41) is 11.1. The van der Waals surface area contributed by atoms with E-state index in [1.807, 2.05) is 78.6 Å². The number of H-pyrrole nitrogens is 1. The number of piperidine rings is 2. The number of halogens is 1. The molecule has 6 aliphatic rings. The van der Waals surface area contributed by atoms with Crippen molar-refractivity contribution >= 4 is 46.4 Å². The summed E-state index contributed by atoms with van der Waals surface area (Å²) < 4.78 is 32.9. The third kappa shape index (κ3) is 14.4. The van der Waals surface area contributed by atoms with Gasteiger partial charge in [0.25, 0.3) is 17.4 Å². The second kappa shape index (κ2) is 28.9. The van der Waals surface area contributed by atoms with Crippen LogP contribution in [-0.4, -0.2) is 204 Å². The van der Waals surface area contributed by atoms with Crippen LogP contribution in [0.5, 0.6) is 11.5 Å². The number of aromatic nitrogens is 2. The van der Waals surface area contributed by atoms with E-state index in [-0.39, 0.29) is 66.3 Å². The molecule has 0 bridgehead atoms. The first kappa shape index (κ1) is 65.2. The molecule has 7 aromatic rings. The molecule has 0 spiro atoms. The summed E-state index contributed by atoms with van der Waals surface area (Å²) in [5.74, 6) is -0.207. The number of benzene rings is 6. The highest BCUT2D eigenvalue weighted by atomic mass is 19.1. The van der Waals surface area contributed by atoms with Gasteiger partial charge in [-0.1, -0.05) is 84.9 Å².